The Morgan fingerprint density at radius 2 is 1.75 bits per heavy atom. The van der Waals surface area contributed by atoms with Crippen molar-refractivity contribution in [1.29, 1.82) is 0 Å². The number of hydrogen-bond acceptors (Lipinski definition) is 4. The van der Waals surface area contributed by atoms with Crippen LogP contribution >= 0.6 is 0 Å². The topological polar surface area (TPSA) is 58.4 Å². The van der Waals surface area contributed by atoms with Crippen LogP contribution in [-0.2, 0) is 16.6 Å². The van der Waals surface area contributed by atoms with E-state index in [1.165, 1.54) is 5.41 Å². The third-order valence-corrected chi connectivity index (χ3v) is 6.69. The molecule has 0 radical (unpaired) electrons. The molecule has 1 aliphatic heterocycles. The first-order chi connectivity index (χ1) is 13.3. The van der Waals surface area contributed by atoms with Crippen molar-refractivity contribution in [3.8, 4) is 0 Å². The standard InChI is InChI=1S/C21H30N4O2S/c1-18(2)21-22-9-10-24(21)14-11-23-12-15-25(16-13-23)28(26,27)17-8-20-6-4-19(3)5-7-20/h4-10,17-18H,11-16H2,1-3H3/b17-8+. The van der Waals surface area contributed by atoms with Gasteiger partial charge in [-0.25, -0.2) is 13.4 Å². The Bertz CT molecular complexity index is 893. The molecule has 0 saturated carbocycles. The van der Waals surface area contributed by atoms with E-state index in [0.29, 0.717) is 19.0 Å². The van der Waals surface area contributed by atoms with E-state index in [0.717, 1.165) is 43.1 Å². The first kappa shape index (κ1) is 20.8. The van der Waals surface area contributed by atoms with Gasteiger partial charge in [0.1, 0.15) is 5.82 Å². The summed E-state index contributed by atoms with van der Waals surface area (Å²) in [7, 11) is -3.38. The lowest BCUT2D eigenvalue weighted by Gasteiger charge is -2.33. The molecular weight excluding hydrogens is 372 g/mol. The number of hydrogen-bond donors (Lipinski definition) is 0. The molecule has 0 unspecified atom stereocenters. The summed E-state index contributed by atoms with van der Waals surface area (Å²) in [5.41, 5.74) is 2.06. The summed E-state index contributed by atoms with van der Waals surface area (Å²) in [6.07, 6.45) is 5.54. The molecule has 0 N–H and O–H groups in total. The van der Waals surface area contributed by atoms with E-state index in [-0.39, 0.29) is 0 Å². The molecule has 0 spiro atoms. The van der Waals surface area contributed by atoms with Crippen LogP contribution in [0.25, 0.3) is 6.08 Å². The third kappa shape index (κ3) is 5.31. The molecule has 7 heteroatoms. The second kappa shape index (κ2) is 9.03. The Morgan fingerprint density at radius 1 is 1.07 bits per heavy atom. The van der Waals surface area contributed by atoms with Crippen molar-refractivity contribution >= 4 is 16.1 Å². The summed E-state index contributed by atoms with van der Waals surface area (Å²) in [5.74, 6) is 1.50. The van der Waals surface area contributed by atoms with Crippen molar-refractivity contribution in [2.75, 3.05) is 32.7 Å². The Labute approximate surface area is 168 Å². The third-order valence-electron chi connectivity index (χ3n) is 5.12. The average molecular weight is 403 g/mol. The zero-order valence-corrected chi connectivity index (χ0v) is 17.8. The fourth-order valence-electron chi connectivity index (χ4n) is 3.40. The first-order valence-electron chi connectivity index (χ1n) is 9.83. The van der Waals surface area contributed by atoms with E-state index in [1.54, 1.807) is 10.4 Å². The Hall–Kier alpha value is -1.96. The van der Waals surface area contributed by atoms with Crippen LogP contribution in [0.2, 0.25) is 0 Å². The van der Waals surface area contributed by atoms with Crippen LogP contribution in [0.15, 0.2) is 42.1 Å². The second-order valence-corrected chi connectivity index (χ2v) is 9.45. The highest BCUT2D eigenvalue weighted by atomic mass is 32.2. The van der Waals surface area contributed by atoms with E-state index < -0.39 is 10.0 Å². The lowest BCUT2D eigenvalue weighted by Crippen LogP contribution is -2.48. The molecule has 3 rings (SSSR count). The van der Waals surface area contributed by atoms with Crippen molar-refractivity contribution in [3.05, 3.63) is 59.0 Å². The predicted octanol–water partition coefficient (Wildman–Crippen LogP) is 2.93. The number of nitrogens with zero attached hydrogens (tertiary/aromatic N) is 4. The van der Waals surface area contributed by atoms with E-state index in [1.807, 2.05) is 43.6 Å². The number of sulfonamides is 1. The summed E-state index contributed by atoms with van der Waals surface area (Å²) in [6, 6.07) is 7.83. The zero-order valence-electron chi connectivity index (χ0n) is 17.0. The molecule has 6 nitrogen and oxygen atoms in total. The molecule has 2 aromatic rings. The molecule has 0 bridgehead atoms. The summed E-state index contributed by atoms with van der Waals surface area (Å²) in [4.78, 5) is 6.74. The largest absolute Gasteiger partial charge is 0.333 e. The molecule has 1 saturated heterocycles. The van der Waals surface area contributed by atoms with E-state index in [2.05, 4.69) is 28.3 Å². The van der Waals surface area contributed by atoms with Crippen LogP contribution in [0.5, 0.6) is 0 Å². The highest BCUT2D eigenvalue weighted by molar-refractivity contribution is 7.92. The maximum absolute atomic E-state index is 12.6. The van der Waals surface area contributed by atoms with Gasteiger partial charge in [0.05, 0.1) is 0 Å². The van der Waals surface area contributed by atoms with E-state index in [9.17, 15) is 8.42 Å². The molecule has 2 heterocycles. The highest BCUT2D eigenvalue weighted by Gasteiger charge is 2.25. The molecule has 152 valence electrons. The summed E-state index contributed by atoms with van der Waals surface area (Å²) in [5, 5.41) is 1.33. The Kier molecular flexibility index (Phi) is 6.69. The number of rotatable bonds is 7. The van der Waals surface area contributed by atoms with Gasteiger partial charge in [-0.15, -0.1) is 0 Å². The smallest absolute Gasteiger partial charge is 0.236 e. The summed E-state index contributed by atoms with van der Waals surface area (Å²) in [6.45, 7) is 10.7. The van der Waals surface area contributed by atoms with Gasteiger partial charge in [-0.3, -0.25) is 4.90 Å². The summed E-state index contributed by atoms with van der Waals surface area (Å²) >= 11 is 0. The van der Waals surface area contributed by atoms with Gasteiger partial charge >= 0.3 is 0 Å². The fourth-order valence-corrected chi connectivity index (χ4v) is 4.57. The second-order valence-electron chi connectivity index (χ2n) is 7.63. The summed E-state index contributed by atoms with van der Waals surface area (Å²) < 4.78 is 29.0. The molecule has 0 aliphatic carbocycles. The van der Waals surface area contributed by atoms with Crippen LogP contribution in [0.1, 0.15) is 36.7 Å². The molecule has 0 atom stereocenters. The predicted molar refractivity (Wildman–Crippen MR) is 113 cm³/mol. The molecule has 1 fully saturated rings. The lowest BCUT2D eigenvalue weighted by atomic mass is 10.2. The lowest BCUT2D eigenvalue weighted by molar-refractivity contribution is 0.183. The number of benzene rings is 1. The van der Waals surface area contributed by atoms with Gasteiger partial charge in [0.15, 0.2) is 0 Å². The minimum atomic E-state index is -3.38. The van der Waals surface area contributed by atoms with E-state index >= 15 is 0 Å². The van der Waals surface area contributed by atoms with Crippen molar-refractivity contribution in [1.82, 2.24) is 18.8 Å². The normalized spacial score (nSPS) is 17.0. The quantitative estimate of drug-likeness (QED) is 0.715. The van der Waals surface area contributed by atoms with Gasteiger partial charge in [0, 0.05) is 63.0 Å². The zero-order chi connectivity index (χ0) is 20.1. The minimum absolute atomic E-state index is 0.400. The number of imidazole rings is 1. The van der Waals surface area contributed by atoms with Crippen molar-refractivity contribution in [2.24, 2.45) is 0 Å². The SMILES string of the molecule is Cc1ccc(/C=C/S(=O)(=O)N2CCN(CCn3ccnc3C(C)C)CC2)cc1. The van der Waals surface area contributed by atoms with Gasteiger partial charge in [0.2, 0.25) is 10.0 Å². The van der Waals surface area contributed by atoms with Crippen molar-refractivity contribution < 1.29 is 8.42 Å². The molecule has 1 aromatic heterocycles. The molecular formula is C21H30N4O2S. The molecule has 0 amide bonds. The van der Waals surface area contributed by atoms with Crippen LogP contribution in [0.4, 0.5) is 0 Å². The fraction of sp³-hybridized carbons (Fsp3) is 0.476. The number of piperazine rings is 1. The average Bonchev–Trinajstić information content (AvgIpc) is 3.15. The minimum Gasteiger partial charge on any atom is -0.333 e. The van der Waals surface area contributed by atoms with Gasteiger partial charge in [-0.05, 0) is 18.6 Å². The van der Waals surface area contributed by atoms with Crippen LogP contribution in [0.3, 0.4) is 0 Å². The van der Waals surface area contributed by atoms with Gasteiger partial charge in [0.25, 0.3) is 0 Å². The highest BCUT2D eigenvalue weighted by Crippen LogP contribution is 2.14. The van der Waals surface area contributed by atoms with Crippen LogP contribution < -0.4 is 0 Å². The monoisotopic (exact) mass is 402 g/mol. The van der Waals surface area contributed by atoms with E-state index in [4.69, 9.17) is 0 Å². The van der Waals surface area contributed by atoms with Gasteiger partial charge < -0.3 is 4.57 Å². The molecule has 28 heavy (non-hydrogen) atoms. The number of aryl methyl sites for hydroxylation is 1. The molecule has 1 aromatic carbocycles. The molecule has 1 aliphatic rings. The maximum atomic E-state index is 12.6. The van der Waals surface area contributed by atoms with Crippen LogP contribution in [-0.4, -0.2) is 59.9 Å². The van der Waals surface area contributed by atoms with Gasteiger partial charge in [-0.1, -0.05) is 43.7 Å². The van der Waals surface area contributed by atoms with Crippen molar-refractivity contribution in [2.45, 2.75) is 33.2 Å². The van der Waals surface area contributed by atoms with Crippen molar-refractivity contribution in [3.63, 3.8) is 0 Å². The van der Waals surface area contributed by atoms with Gasteiger partial charge in [-0.2, -0.15) is 4.31 Å². The number of aromatic nitrogens is 2. The first-order valence-corrected chi connectivity index (χ1v) is 11.3. The Morgan fingerprint density at radius 3 is 2.39 bits per heavy atom. The van der Waals surface area contributed by atoms with Crippen LogP contribution in [0, 0.1) is 6.92 Å². The maximum Gasteiger partial charge on any atom is 0.236 e. The Balaban J connectivity index is 1.51.